The number of benzene rings is 2. The smallest absolute Gasteiger partial charge is 0.256 e. The van der Waals surface area contributed by atoms with Gasteiger partial charge in [0.1, 0.15) is 6.10 Å². The lowest BCUT2D eigenvalue weighted by atomic mass is 10.0. The number of nitrogens with zero attached hydrogens (tertiary/aromatic N) is 3. The number of para-hydroxylation sites is 1. The van der Waals surface area contributed by atoms with Crippen LogP contribution < -0.4 is 9.80 Å². The van der Waals surface area contributed by atoms with Crippen LogP contribution in [0.1, 0.15) is 30.9 Å². The van der Waals surface area contributed by atoms with E-state index in [1.54, 1.807) is 0 Å². The number of halogens is 1. The monoisotopic (exact) mass is 443 g/mol. The third-order valence-corrected chi connectivity index (χ3v) is 6.29. The van der Waals surface area contributed by atoms with E-state index in [0.717, 1.165) is 31.9 Å². The summed E-state index contributed by atoms with van der Waals surface area (Å²) in [6.45, 7) is 9.70. The Morgan fingerprint density at radius 3 is 2.32 bits per heavy atom. The van der Waals surface area contributed by atoms with Gasteiger partial charge in [0.2, 0.25) is 0 Å². The van der Waals surface area contributed by atoms with E-state index in [0.29, 0.717) is 25.5 Å². The lowest BCUT2D eigenvalue weighted by Gasteiger charge is -2.36. The Kier molecular flexibility index (Phi) is 7.98. The Labute approximate surface area is 192 Å². The molecule has 2 aromatic carbocycles. The van der Waals surface area contributed by atoms with Crippen LogP contribution in [0.15, 0.2) is 48.5 Å². The third kappa shape index (κ3) is 5.40. The molecule has 0 aliphatic carbocycles. The van der Waals surface area contributed by atoms with Crippen molar-refractivity contribution in [1.29, 1.82) is 0 Å². The molecule has 1 atom stereocenters. The predicted octanol–water partition coefficient (Wildman–Crippen LogP) is 3.96. The van der Waals surface area contributed by atoms with Crippen molar-refractivity contribution in [3.63, 3.8) is 0 Å². The van der Waals surface area contributed by atoms with E-state index in [-0.39, 0.29) is 18.3 Å². The highest BCUT2D eigenvalue weighted by Crippen LogP contribution is 2.27. The first kappa shape index (κ1) is 23.6. The van der Waals surface area contributed by atoms with Crippen LogP contribution in [0.25, 0.3) is 0 Å². The number of morpholine rings is 1. The van der Waals surface area contributed by atoms with Gasteiger partial charge in [0.05, 0.1) is 6.61 Å². The zero-order valence-corrected chi connectivity index (χ0v) is 19.6. The highest BCUT2D eigenvalue weighted by atomic mass is 35.5. The van der Waals surface area contributed by atoms with E-state index in [4.69, 9.17) is 4.74 Å². The van der Waals surface area contributed by atoms with Crippen molar-refractivity contribution >= 4 is 29.7 Å². The fraction of sp³-hybridized carbons (Fsp3) is 0.480. The molecule has 1 amide bonds. The summed E-state index contributed by atoms with van der Waals surface area (Å²) in [4.78, 5) is 19.9. The first-order valence-electron chi connectivity index (χ1n) is 11.1. The first-order valence-corrected chi connectivity index (χ1v) is 11.1. The second-order valence-electron chi connectivity index (χ2n) is 8.72. The summed E-state index contributed by atoms with van der Waals surface area (Å²) >= 11 is 0. The molecule has 2 saturated heterocycles. The van der Waals surface area contributed by atoms with Crippen LogP contribution >= 0.6 is 12.4 Å². The number of carbonyl (C=O) groups is 1. The number of anilines is 2. The quantitative estimate of drug-likeness (QED) is 0.700. The van der Waals surface area contributed by atoms with E-state index in [2.05, 4.69) is 79.2 Å². The number of ether oxygens (including phenoxy) is 1. The van der Waals surface area contributed by atoms with E-state index in [9.17, 15) is 4.79 Å². The van der Waals surface area contributed by atoms with Gasteiger partial charge < -0.3 is 19.4 Å². The summed E-state index contributed by atoms with van der Waals surface area (Å²) in [6, 6.07) is 16.8. The summed E-state index contributed by atoms with van der Waals surface area (Å²) in [5.74, 6) is 0.546. The number of likely N-dealkylation sites (N-methyl/N-ethyl adjacent to an activating group) is 1. The number of hydrogen-bond donors (Lipinski definition) is 0. The maximum atomic E-state index is 13.3. The largest absolute Gasteiger partial charge is 0.369 e. The maximum absolute atomic E-state index is 13.3. The molecule has 0 radical (unpaired) electrons. The van der Waals surface area contributed by atoms with Crippen LogP contribution in [0.4, 0.5) is 11.4 Å². The lowest BCUT2D eigenvalue weighted by molar-refractivity contribution is -0.133. The predicted molar refractivity (Wildman–Crippen MR) is 130 cm³/mol. The average molecular weight is 444 g/mol. The highest BCUT2D eigenvalue weighted by Gasteiger charge is 2.31. The van der Waals surface area contributed by atoms with Crippen LogP contribution in [0, 0.1) is 0 Å². The number of carbonyl (C=O) groups excluding carboxylic acids is 1. The van der Waals surface area contributed by atoms with Gasteiger partial charge in [-0.25, -0.2) is 0 Å². The third-order valence-electron chi connectivity index (χ3n) is 6.29. The minimum absolute atomic E-state index is 0. The minimum atomic E-state index is -0.433. The molecular weight excluding hydrogens is 410 g/mol. The van der Waals surface area contributed by atoms with Gasteiger partial charge in [0, 0.05) is 50.5 Å². The Morgan fingerprint density at radius 2 is 1.65 bits per heavy atom. The Morgan fingerprint density at radius 1 is 0.968 bits per heavy atom. The van der Waals surface area contributed by atoms with Crippen molar-refractivity contribution in [3.05, 3.63) is 59.7 Å². The molecule has 6 heteroatoms. The summed E-state index contributed by atoms with van der Waals surface area (Å²) in [5, 5.41) is 0. The van der Waals surface area contributed by atoms with Gasteiger partial charge in [0.15, 0.2) is 0 Å². The van der Waals surface area contributed by atoms with E-state index in [1.165, 1.54) is 16.8 Å². The van der Waals surface area contributed by atoms with Crippen molar-refractivity contribution in [2.75, 3.05) is 56.2 Å². The van der Waals surface area contributed by atoms with Gasteiger partial charge >= 0.3 is 0 Å². The first-order chi connectivity index (χ1) is 14.5. The van der Waals surface area contributed by atoms with Crippen molar-refractivity contribution in [2.24, 2.45) is 0 Å². The van der Waals surface area contributed by atoms with Crippen molar-refractivity contribution < 1.29 is 9.53 Å². The standard InChI is InChI=1S/C25H33N3O2.ClH/c1-19(2)20-8-10-22(11-9-20)28-16-17-30-24(25(28)29)18-21-6-4-5-7-23(21)27-14-12-26(3)13-15-27;/h4-11,19,24H,12-18H2,1-3H3;1H. The fourth-order valence-corrected chi connectivity index (χ4v) is 4.32. The van der Waals surface area contributed by atoms with Crippen LogP contribution in [-0.2, 0) is 16.0 Å². The molecule has 1 unspecified atom stereocenters. The summed E-state index contributed by atoms with van der Waals surface area (Å²) < 4.78 is 5.95. The van der Waals surface area contributed by atoms with Gasteiger partial charge in [-0.15, -0.1) is 12.4 Å². The summed E-state index contributed by atoms with van der Waals surface area (Å²) in [7, 11) is 2.17. The van der Waals surface area contributed by atoms with Crippen LogP contribution in [0.2, 0.25) is 0 Å². The number of hydrogen-bond acceptors (Lipinski definition) is 4. The highest BCUT2D eigenvalue weighted by molar-refractivity contribution is 5.97. The summed E-state index contributed by atoms with van der Waals surface area (Å²) in [6.07, 6.45) is 0.180. The van der Waals surface area contributed by atoms with Gasteiger partial charge in [0.25, 0.3) is 5.91 Å². The topological polar surface area (TPSA) is 36.0 Å². The Balaban J connectivity index is 0.00000272. The molecular formula is C25H34ClN3O2. The Bertz CT molecular complexity index is 863. The minimum Gasteiger partial charge on any atom is -0.369 e. The van der Waals surface area contributed by atoms with Crippen LogP contribution in [0.3, 0.4) is 0 Å². The molecule has 168 valence electrons. The molecule has 0 N–H and O–H groups in total. The zero-order valence-electron chi connectivity index (χ0n) is 18.8. The van der Waals surface area contributed by atoms with Gasteiger partial charge in [-0.3, -0.25) is 4.79 Å². The molecule has 0 saturated carbocycles. The lowest BCUT2D eigenvalue weighted by Crippen LogP contribution is -2.49. The fourth-order valence-electron chi connectivity index (χ4n) is 4.32. The number of amides is 1. The molecule has 2 aliphatic rings. The normalized spacial score (nSPS) is 20.1. The molecule has 2 heterocycles. The molecule has 2 aliphatic heterocycles. The summed E-state index contributed by atoms with van der Waals surface area (Å²) in [5.41, 5.74) is 4.68. The van der Waals surface area contributed by atoms with E-state index >= 15 is 0 Å². The SMILES string of the molecule is CC(C)c1ccc(N2CCOC(Cc3ccccc3N3CCN(C)CC3)C2=O)cc1.Cl. The molecule has 0 aromatic heterocycles. The number of rotatable bonds is 5. The molecule has 2 fully saturated rings. The average Bonchev–Trinajstić information content (AvgIpc) is 2.76. The number of piperazine rings is 1. The zero-order chi connectivity index (χ0) is 21.1. The van der Waals surface area contributed by atoms with Crippen molar-refractivity contribution in [2.45, 2.75) is 32.3 Å². The maximum Gasteiger partial charge on any atom is 0.256 e. The van der Waals surface area contributed by atoms with Gasteiger partial charge in [-0.05, 0) is 42.3 Å². The molecule has 2 aromatic rings. The second kappa shape index (κ2) is 10.5. The Hall–Kier alpha value is -2.08. The van der Waals surface area contributed by atoms with Gasteiger partial charge in [-0.1, -0.05) is 44.2 Å². The molecule has 0 bridgehead atoms. The molecule has 0 spiro atoms. The second-order valence-corrected chi connectivity index (χ2v) is 8.72. The van der Waals surface area contributed by atoms with E-state index < -0.39 is 6.10 Å². The molecule has 5 nitrogen and oxygen atoms in total. The van der Waals surface area contributed by atoms with Crippen LogP contribution in [-0.4, -0.2) is 63.3 Å². The van der Waals surface area contributed by atoms with Gasteiger partial charge in [-0.2, -0.15) is 0 Å². The van der Waals surface area contributed by atoms with Crippen molar-refractivity contribution in [3.8, 4) is 0 Å². The van der Waals surface area contributed by atoms with E-state index in [1.807, 2.05) is 4.90 Å². The molecule has 31 heavy (non-hydrogen) atoms. The molecule has 4 rings (SSSR count). The van der Waals surface area contributed by atoms with Crippen LogP contribution in [0.5, 0.6) is 0 Å². The van der Waals surface area contributed by atoms with Crippen molar-refractivity contribution in [1.82, 2.24) is 4.90 Å².